The summed E-state index contributed by atoms with van der Waals surface area (Å²) in [6, 6.07) is 2.11. The van der Waals surface area contributed by atoms with Crippen LogP contribution in [0.2, 0.25) is 0 Å². The smallest absolute Gasteiger partial charge is 0.241 e. The Morgan fingerprint density at radius 1 is 1.15 bits per heavy atom. The van der Waals surface area contributed by atoms with Crippen molar-refractivity contribution in [3.05, 3.63) is 17.5 Å². The summed E-state index contributed by atoms with van der Waals surface area (Å²) in [4.78, 5) is 11.5. The molecule has 0 unspecified atom stereocenters. The van der Waals surface area contributed by atoms with Crippen molar-refractivity contribution in [2.75, 3.05) is 7.05 Å². The summed E-state index contributed by atoms with van der Waals surface area (Å²) in [6.07, 6.45) is 0. The molecule has 0 aliphatic carbocycles. The van der Waals surface area contributed by atoms with Crippen molar-refractivity contribution >= 4 is 5.91 Å². The van der Waals surface area contributed by atoms with Gasteiger partial charge in [0.15, 0.2) is 0 Å². The molecule has 0 saturated carbocycles. The highest BCUT2D eigenvalue weighted by Gasteiger charge is 2.26. The summed E-state index contributed by atoms with van der Waals surface area (Å²) in [5.74, 6) is -0.0240. The van der Waals surface area contributed by atoms with Gasteiger partial charge in [-0.25, -0.2) is 0 Å². The summed E-state index contributed by atoms with van der Waals surface area (Å²) >= 11 is 0. The quantitative estimate of drug-likeness (QED) is 0.904. The average Bonchev–Trinajstić information content (AvgIpc) is 2.75. The molecule has 1 amide bonds. The second-order valence-corrected chi connectivity index (χ2v) is 6.75. The third kappa shape index (κ3) is 4.99. The molecule has 0 aliphatic heterocycles. The van der Waals surface area contributed by atoms with Crippen LogP contribution >= 0.6 is 0 Å². The minimum absolute atomic E-state index is 0.00601. The van der Waals surface area contributed by atoms with Gasteiger partial charge in [-0.3, -0.25) is 9.48 Å². The highest BCUT2D eigenvalue weighted by Crippen LogP contribution is 2.28. The van der Waals surface area contributed by atoms with E-state index in [1.54, 1.807) is 7.05 Å². The van der Waals surface area contributed by atoms with Crippen LogP contribution in [0.15, 0.2) is 6.07 Å². The molecule has 0 fully saturated rings. The number of amides is 1. The van der Waals surface area contributed by atoms with Crippen molar-refractivity contribution in [2.45, 2.75) is 72.8 Å². The van der Waals surface area contributed by atoms with Gasteiger partial charge in [0.2, 0.25) is 5.91 Å². The van der Waals surface area contributed by atoms with Crippen LogP contribution in [0.4, 0.5) is 0 Å². The van der Waals surface area contributed by atoms with E-state index in [-0.39, 0.29) is 23.3 Å². The predicted octanol–water partition coefficient (Wildman–Crippen LogP) is 3.25. The molecule has 0 aromatic carbocycles. The Bertz CT molecular complexity index is 434. The zero-order valence-electron chi connectivity index (χ0n) is 14.6. The lowest BCUT2D eigenvalue weighted by molar-refractivity contribution is -0.121. The largest absolute Gasteiger partial charge is 0.358 e. The van der Waals surface area contributed by atoms with Gasteiger partial charge >= 0.3 is 0 Å². The van der Waals surface area contributed by atoms with Crippen molar-refractivity contribution in [3.63, 3.8) is 0 Å². The van der Waals surface area contributed by atoms with Crippen LogP contribution in [-0.2, 0) is 22.2 Å². The van der Waals surface area contributed by atoms with Gasteiger partial charge < -0.3 is 5.32 Å². The molecule has 0 radical (unpaired) electrons. The summed E-state index contributed by atoms with van der Waals surface area (Å²) in [5.41, 5.74) is 2.09. The van der Waals surface area contributed by atoms with Crippen LogP contribution in [-0.4, -0.2) is 22.7 Å². The predicted molar refractivity (Wildman–Crippen MR) is 85.0 cm³/mol. The summed E-state index contributed by atoms with van der Waals surface area (Å²) in [7, 11) is 1.65. The lowest BCUT2D eigenvalue weighted by atomic mass is 9.88. The molecule has 1 rings (SSSR count). The normalized spacial score (nSPS) is 11.7. The second-order valence-electron chi connectivity index (χ2n) is 6.75. The first-order chi connectivity index (χ1) is 9.05. The number of hydrogen-bond acceptors (Lipinski definition) is 2. The Hall–Kier alpha value is -1.32. The van der Waals surface area contributed by atoms with Gasteiger partial charge in [-0.1, -0.05) is 55.4 Å². The zero-order chi connectivity index (χ0) is 16.1. The van der Waals surface area contributed by atoms with Crippen LogP contribution in [0.25, 0.3) is 0 Å². The van der Waals surface area contributed by atoms with Gasteiger partial charge in [-0.05, 0) is 6.07 Å². The third-order valence-corrected chi connectivity index (χ3v) is 2.89. The maximum atomic E-state index is 11.5. The van der Waals surface area contributed by atoms with Gasteiger partial charge in [-0.15, -0.1) is 0 Å². The van der Waals surface area contributed by atoms with Gasteiger partial charge in [0, 0.05) is 23.6 Å². The summed E-state index contributed by atoms with van der Waals surface area (Å²) < 4.78 is 1.82. The monoisotopic (exact) mass is 281 g/mol. The third-order valence-electron chi connectivity index (χ3n) is 2.89. The molecule has 0 aliphatic rings. The lowest BCUT2D eigenvalue weighted by Gasteiger charge is -2.19. The summed E-state index contributed by atoms with van der Waals surface area (Å²) in [5, 5.41) is 7.23. The van der Waals surface area contributed by atoms with E-state index in [1.165, 1.54) is 0 Å². The standard InChI is InChI=1S/C14H25N3O.C2H6/c1-13(2,3)10-8-11(14(4,5)6)17(16-10)9-12(18)15-7;1-2/h8H,9H2,1-7H3,(H,15,18);1-2H3. The average molecular weight is 281 g/mol. The van der Waals surface area contributed by atoms with Crippen LogP contribution in [0.5, 0.6) is 0 Å². The molecular weight excluding hydrogens is 250 g/mol. The maximum absolute atomic E-state index is 11.5. The number of nitrogens with one attached hydrogen (secondary N) is 1. The number of rotatable bonds is 2. The number of hydrogen-bond donors (Lipinski definition) is 1. The van der Waals surface area contributed by atoms with Crippen molar-refractivity contribution in [1.29, 1.82) is 0 Å². The SMILES string of the molecule is CC.CNC(=O)Cn1nc(C(C)(C)C)cc1C(C)(C)C. The molecule has 0 saturated heterocycles. The fourth-order valence-electron chi connectivity index (χ4n) is 1.72. The zero-order valence-corrected chi connectivity index (χ0v) is 14.6. The van der Waals surface area contributed by atoms with E-state index >= 15 is 0 Å². The minimum atomic E-state index is -0.0240. The molecule has 4 nitrogen and oxygen atoms in total. The number of carbonyl (C=O) groups excluding carboxylic acids is 1. The maximum Gasteiger partial charge on any atom is 0.241 e. The number of likely N-dealkylation sites (N-methyl/N-ethyl adjacent to an activating group) is 1. The van der Waals surface area contributed by atoms with Crippen molar-refractivity contribution in [3.8, 4) is 0 Å². The molecule has 1 aromatic rings. The van der Waals surface area contributed by atoms with E-state index in [0.29, 0.717) is 0 Å². The van der Waals surface area contributed by atoms with E-state index in [2.05, 4.69) is 58.0 Å². The van der Waals surface area contributed by atoms with Crippen LogP contribution in [0, 0.1) is 0 Å². The molecule has 1 N–H and O–H groups in total. The number of nitrogens with zero attached hydrogens (tertiary/aromatic N) is 2. The molecule has 0 atom stereocenters. The van der Waals surface area contributed by atoms with Crippen LogP contribution in [0.1, 0.15) is 66.8 Å². The highest BCUT2D eigenvalue weighted by molar-refractivity contribution is 5.75. The van der Waals surface area contributed by atoms with Crippen LogP contribution in [0.3, 0.4) is 0 Å². The van der Waals surface area contributed by atoms with E-state index in [4.69, 9.17) is 0 Å². The Balaban J connectivity index is 0.00000172. The Morgan fingerprint density at radius 3 is 2.00 bits per heavy atom. The van der Waals surface area contributed by atoms with E-state index in [1.807, 2.05) is 18.5 Å². The van der Waals surface area contributed by atoms with E-state index < -0.39 is 0 Å². The molecule has 4 heteroatoms. The van der Waals surface area contributed by atoms with Gasteiger partial charge in [-0.2, -0.15) is 5.10 Å². The van der Waals surface area contributed by atoms with Crippen molar-refractivity contribution in [2.24, 2.45) is 0 Å². The molecule has 1 heterocycles. The molecule has 20 heavy (non-hydrogen) atoms. The van der Waals surface area contributed by atoms with Crippen molar-refractivity contribution < 1.29 is 4.79 Å². The van der Waals surface area contributed by atoms with Gasteiger partial charge in [0.1, 0.15) is 6.54 Å². The van der Waals surface area contributed by atoms with Gasteiger partial charge in [0.25, 0.3) is 0 Å². The van der Waals surface area contributed by atoms with Crippen LogP contribution < -0.4 is 5.32 Å². The van der Waals surface area contributed by atoms with E-state index in [0.717, 1.165) is 11.4 Å². The fraction of sp³-hybridized carbons (Fsp3) is 0.750. The first-order valence-corrected chi connectivity index (χ1v) is 7.35. The Labute approximate surface area is 124 Å². The Kier molecular flexibility index (Phi) is 6.45. The second kappa shape index (κ2) is 6.91. The summed E-state index contributed by atoms with van der Waals surface area (Å²) in [6.45, 7) is 17.1. The first-order valence-electron chi connectivity index (χ1n) is 7.35. The molecule has 1 aromatic heterocycles. The van der Waals surface area contributed by atoms with Crippen molar-refractivity contribution in [1.82, 2.24) is 15.1 Å². The molecule has 0 spiro atoms. The molecule has 116 valence electrons. The fourth-order valence-corrected chi connectivity index (χ4v) is 1.72. The first kappa shape index (κ1) is 18.7. The van der Waals surface area contributed by atoms with Gasteiger partial charge in [0.05, 0.1) is 5.69 Å². The molecular formula is C16H31N3O. The highest BCUT2D eigenvalue weighted by atomic mass is 16.1. The molecule has 0 bridgehead atoms. The minimum Gasteiger partial charge on any atom is -0.358 e. The van der Waals surface area contributed by atoms with E-state index in [9.17, 15) is 4.79 Å². The topological polar surface area (TPSA) is 46.9 Å². The number of carbonyl (C=O) groups is 1. The lowest BCUT2D eigenvalue weighted by Crippen LogP contribution is -2.28. The number of aromatic nitrogens is 2. The Morgan fingerprint density at radius 2 is 1.65 bits per heavy atom.